The van der Waals surface area contributed by atoms with Crippen molar-refractivity contribution in [1.29, 1.82) is 0 Å². The van der Waals surface area contributed by atoms with Crippen LogP contribution in [0.2, 0.25) is 0 Å². The molecule has 190 valence electrons. The maximum absolute atomic E-state index is 12.9. The van der Waals surface area contributed by atoms with Gasteiger partial charge in [0.2, 0.25) is 17.7 Å². The van der Waals surface area contributed by atoms with E-state index >= 15 is 0 Å². The van der Waals surface area contributed by atoms with Gasteiger partial charge in [-0.15, -0.1) is 0 Å². The quantitative estimate of drug-likeness (QED) is 0.121. The fourth-order valence-electron chi connectivity index (χ4n) is 2.61. The summed E-state index contributed by atoms with van der Waals surface area (Å²) in [7, 11) is 0. The van der Waals surface area contributed by atoms with Crippen molar-refractivity contribution in [1.82, 2.24) is 16.0 Å². The second-order valence-corrected chi connectivity index (χ2v) is 9.26. The molecule has 0 rings (SSSR count). The first-order valence-corrected chi connectivity index (χ1v) is 13.0. The molecule has 0 saturated heterocycles. The number of carboxylic acids is 2. The number of rotatable bonds is 17. The number of hydrogen-bond acceptors (Lipinski definition) is 9. The molecule has 0 aromatic rings. The predicted octanol–water partition coefficient (Wildman–Crippen LogP) is -1.40. The smallest absolute Gasteiger partial charge is 0.328 e. The molecule has 5 atom stereocenters. The van der Waals surface area contributed by atoms with Crippen molar-refractivity contribution in [3.8, 4) is 0 Å². The number of hydrogen-bond donors (Lipinski definition) is 7. The molecule has 0 spiro atoms. The Balaban J connectivity index is 5.47. The largest absolute Gasteiger partial charge is 0.481 e. The average molecular weight is 511 g/mol. The minimum atomic E-state index is -1.65. The third kappa shape index (κ3) is 12.7. The summed E-state index contributed by atoms with van der Waals surface area (Å²) in [6, 6.07) is -4.90. The number of thioether (sulfide) groups is 2. The van der Waals surface area contributed by atoms with Crippen LogP contribution in [0.3, 0.4) is 0 Å². The van der Waals surface area contributed by atoms with Crippen molar-refractivity contribution < 1.29 is 39.3 Å². The van der Waals surface area contributed by atoms with Gasteiger partial charge in [0.25, 0.3) is 0 Å². The molecule has 0 heterocycles. The van der Waals surface area contributed by atoms with Gasteiger partial charge in [-0.05, 0) is 50.2 Å². The van der Waals surface area contributed by atoms with E-state index in [-0.39, 0.29) is 12.8 Å². The number of carboxylic acid groups (broad SMARTS) is 2. The summed E-state index contributed by atoms with van der Waals surface area (Å²) in [5, 5.41) is 34.7. The Morgan fingerprint density at radius 2 is 1.30 bits per heavy atom. The van der Waals surface area contributed by atoms with Crippen molar-refractivity contribution in [3.63, 3.8) is 0 Å². The predicted molar refractivity (Wildman–Crippen MR) is 126 cm³/mol. The molecule has 0 saturated carbocycles. The normalized spacial score (nSPS) is 15.4. The number of amides is 3. The highest BCUT2D eigenvalue weighted by atomic mass is 32.2. The van der Waals surface area contributed by atoms with Crippen LogP contribution in [0.4, 0.5) is 0 Å². The van der Waals surface area contributed by atoms with Crippen molar-refractivity contribution >= 4 is 53.2 Å². The summed E-state index contributed by atoms with van der Waals surface area (Å²) in [5.41, 5.74) is 5.85. The van der Waals surface area contributed by atoms with Gasteiger partial charge in [0.15, 0.2) is 6.04 Å². The zero-order valence-corrected chi connectivity index (χ0v) is 20.5. The van der Waals surface area contributed by atoms with Gasteiger partial charge in [-0.3, -0.25) is 19.2 Å². The van der Waals surface area contributed by atoms with Crippen LogP contribution < -0.4 is 21.7 Å². The van der Waals surface area contributed by atoms with Gasteiger partial charge in [0.1, 0.15) is 12.1 Å². The minimum absolute atomic E-state index is 0.229. The highest BCUT2D eigenvalue weighted by Crippen LogP contribution is 2.06. The number of aliphatic hydroxyl groups is 1. The van der Waals surface area contributed by atoms with Crippen molar-refractivity contribution in [3.05, 3.63) is 0 Å². The third-order valence-electron chi connectivity index (χ3n) is 4.54. The van der Waals surface area contributed by atoms with Crippen LogP contribution in [0, 0.1) is 0 Å². The Morgan fingerprint density at radius 1 is 0.818 bits per heavy atom. The fourth-order valence-corrected chi connectivity index (χ4v) is 3.57. The molecule has 3 amide bonds. The van der Waals surface area contributed by atoms with Crippen LogP contribution in [0.5, 0.6) is 0 Å². The molecule has 0 aliphatic carbocycles. The number of aliphatic carboxylic acids is 2. The minimum Gasteiger partial charge on any atom is -0.481 e. The van der Waals surface area contributed by atoms with Gasteiger partial charge in [0.05, 0.1) is 12.1 Å². The first kappa shape index (κ1) is 31.0. The summed E-state index contributed by atoms with van der Waals surface area (Å²) >= 11 is 2.95. The number of carbonyl (C=O) groups is 5. The second kappa shape index (κ2) is 16.6. The molecule has 0 aromatic heterocycles. The van der Waals surface area contributed by atoms with E-state index in [4.69, 9.17) is 15.9 Å². The zero-order chi connectivity index (χ0) is 25.6. The summed E-state index contributed by atoms with van der Waals surface area (Å²) in [5.74, 6) is -3.79. The Morgan fingerprint density at radius 3 is 1.79 bits per heavy atom. The Labute approximate surface area is 201 Å². The highest BCUT2D eigenvalue weighted by molar-refractivity contribution is 7.98. The van der Waals surface area contributed by atoms with Gasteiger partial charge in [-0.2, -0.15) is 23.5 Å². The van der Waals surface area contributed by atoms with Crippen molar-refractivity contribution in [2.75, 3.05) is 24.0 Å². The molecule has 5 unspecified atom stereocenters. The lowest BCUT2D eigenvalue weighted by Crippen LogP contribution is -2.58. The summed E-state index contributed by atoms with van der Waals surface area (Å²) in [4.78, 5) is 60.1. The number of nitrogens with one attached hydrogen (secondary N) is 3. The Hall–Kier alpha value is -2.03. The number of nitrogens with two attached hydrogens (primary N) is 1. The monoisotopic (exact) mass is 510 g/mol. The van der Waals surface area contributed by atoms with Crippen LogP contribution in [0.1, 0.15) is 32.6 Å². The molecule has 12 nitrogen and oxygen atoms in total. The Kier molecular flexibility index (Phi) is 15.5. The van der Waals surface area contributed by atoms with Crippen molar-refractivity contribution in [2.24, 2.45) is 5.73 Å². The molecular formula is C19H34N4O8S2. The van der Waals surface area contributed by atoms with Gasteiger partial charge >= 0.3 is 11.9 Å². The molecular weight excluding hydrogens is 476 g/mol. The zero-order valence-electron chi connectivity index (χ0n) is 18.9. The van der Waals surface area contributed by atoms with E-state index in [0.29, 0.717) is 17.9 Å². The summed E-state index contributed by atoms with van der Waals surface area (Å²) in [6.07, 6.45) is 2.08. The lowest BCUT2D eigenvalue weighted by molar-refractivity contribution is -0.145. The summed E-state index contributed by atoms with van der Waals surface area (Å²) in [6.45, 7) is 1.16. The first-order chi connectivity index (χ1) is 15.4. The number of carbonyl (C=O) groups excluding carboxylic acids is 3. The molecule has 0 aliphatic heterocycles. The van der Waals surface area contributed by atoms with Crippen LogP contribution in [-0.2, 0) is 24.0 Å². The van der Waals surface area contributed by atoms with Gasteiger partial charge in [-0.1, -0.05) is 0 Å². The van der Waals surface area contributed by atoms with Crippen LogP contribution in [0.15, 0.2) is 0 Å². The SMILES string of the molecule is CSCCC(N)C(=O)NC(CCSC)C(=O)NC(CCC(=O)O)C(=O)NC(C(=O)O)C(C)O. The maximum Gasteiger partial charge on any atom is 0.328 e. The van der Waals surface area contributed by atoms with Crippen LogP contribution in [0.25, 0.3) is 0 Å². The van der Waals surface area contributed by atoms with Gasteiger partial charge in [-0.25, -0.2) is 4.79 Å². The maximum atomic E-state index is 12.9. The summed E-state index contributed by atoms with van der Waals surface area (Å²) < 4.78 is 0. The molecule has 0 aromatic carbocycles. The van der Waals surface area contributed by atoms with E-state index in [1.165, 1.54) is 23.5 Å². The van der Waals surface area contributed by atoms with E-state index < -0.39 is 66.4 Å². The highest BCUT2D eigenvalue weighted by Gasteiger charge is 2.32. The molecule has 8 N–H and O–H groups in total. The van der Waals surface area contributed by atoms with Crippen LogP contribution >= 0.6 is 23.5 Å². The second-order valence-electron chi connectivity index (χ2n) is 7.29. The molecule has 0 bridgehead atoms. The molecule has 0 radical (unpaired) electrons. The van der Waals surface area contributed by atoms with Crippen molar-refractivity contribution in [2.45, 2.75) is 62.9 Å². The molecule has 0 aliphatic rings. The topological polar surface area (TPSA) is 208 Å². The van der Waals surface area contributed by atoms with Gasteiger partial charge < -0.3 is 37.0 Å². The third-order valence-corrected chi connectivity index (χ3v) is 5.83. The van der Waals surface area contributed by atoms with E-state index in [9.17, 15) is 29.1 Å². The van der Waals surface area contributed by atoms with E-state index in [1.54, 1.807) is 0 Å². The van der Waals surface area contributed by atoms with E-state index in [2.05, 4.69) is 16.0 Å². The molecule has 0 fully saturated rings. The number of aliphatic hydroxyl groups excluding tert-OH is 1. The Bertz CT molecular complexity index is 680. The first-order valence-electron chi connectivity index (χ1n) is 10.2. The fraction of sp³-hybridized carbons (Fsp3) is 0.737. The van der Waals surface area contributed by atoms with Crippen LogP contribution in [-0.4, -0.2) is 99.3 Å². The lowest BCUT2D eigenvalue weighted by Gasteiger charge is -2.25. The van der Waals surface area contributed by atoms with E-state index in [1.807, 2.05) is 12.5 Å². The standard InChI is InChI=1S/C19H34N4O8S2/c1-10(24)15(19(30)31)23-18(29)12(4-5-14(25)26)22-17(28)13(7-9-33-3)21-16(27)11(20)6-8-32-2/h10-13,15,24H,4-9,20H2,1-3H3,(H,21,27)(H,22,28)(H,23,29)(H,25,26)(H,30,31). The average Bonchev–Trinajstić information content (AvgIpc) is 2.74. The lowest BCUT2D eigenvalue weighted by atomic mass is 10.1. The molecule has 14 heteroatoms. The molecule has 33 heavy (non-hydrogen) atoms. The van der Waals surface area contributed by atoms with Gasteiger partial charge in [0, 0.05) is 6.42 Å². The van der Waals surface area contributed by atoms with E-state index in [0.717, 1.165) is 6.92 Å².